The van der Waals surface area contributed by atoms with E-state index in [0.717, 1.165) is 0 Å². The van der Waals surface area contributed by atoms with Crippen LogP contribution >= 0.6 is 23.2 Å². The normalized spacial score (nSPS) is 12.2. The molecule has 26 heavy (non-hydrogen) atoms. The molecule has 0 spiro atoms. The second kappa shape index (κ2) is 8.61. The van der Waals surface area contributed by atoms with E-state index >= 15 is 0 Å². The van der Waals surface area contributed by atoms with Gasteiger partial charge in [-0.25, -0.2) is 4.79 Å². The second-order valence-corrected chi connectivity index (χ2v) is 6.15. The molecular formula is C19H15Cl2NO4. The fourth-order valence-electron chi connectivity index (χ4n) is 2.16. The van der Waals surface area contributed by atoms with Crippen molar-refractivity contribution in [3.05, 3.63) is 57.6 Å². The van der Waals surface area contributed by atoms with Crippen LogP contribution in [0.5, 0.6) is 11.5 Å². The third-order valence-electron chi connectivity index (χ3n) is 3.49. The summed E-state index contributed by atoms with van der Waals surface area (Å²) >= 11 is 12.0. The summed E-state index contributed by atoms with van der Waals surface area (Å²) in [6.07, 6.45) is 0.620. The predicted octanol–water partition coefficient (Wildman–Crippen LogP) is 4.92. The molecule has 0 bridgehead atoms. The lowest BCUT2D eigenvalue weighted by Crippen LogP contribution is -2.23. The van der Waals surface area contributed by atoms with Crippen LogP contribution in [0, 0.1) is 11.3 Å². The molecule has 1 N–H and O–H groups in total. The number of carboxylic acid groups (broad SMARTS) is 1. The van der Waals surface area contributed by atoms with Gasteiger partial charge in [0.05, 0.1) is 23.8 Å². The molecule has 1 atom stereocenters. The number of nitriles is 1. The van der Waals surface area contributed by atoms with Crippen molar-refractivity contribution in [2.45, 2.75) is 13.0 Å². The number of carboxylic acids is 1. The summed E-state index contributed by atoms with van der Waals surface area (Å²) in [5.41, 5.74) is 1.57. The highest BCUT2D eigenvalue weighted by Gasteiger charge is 2.16. The smallest absolute Gasteiger partial charge is 0.344 e. The summed E-state index contributed by atoms with van der Waals surface area (Å²) in [5, 5.41) is 19.3. The summed E-state index contributed by atoms with van der Waals surface area (Å²) in [4.78, 5) is 10.9. The number of ether oxygens (including phenoxy) is 2. The van der Waals surface area contributed by atoms with E-state index in [0.29, 0.717) is 38.2 Å². The van der Waals surface area contributed by atoms with Crippen LogP contribution in [0.4, 0.5) is 0 Å². The molecule has 0 aliphatic heterocycles. The Kier molecular flexibility index (Phi) is 6.51. The van der Waals surface area contributed by atoms with Gasteiger partial charge < -0.3 is 14.6 Å². The average Bonchev–Trinajstić information content (AvgIpc) is 2.61. The Bertz CT molecular complexity index is 903. The number of hydrogen-bond donors (Lipinski definition) is 1. The number of carbonyl (C=O) groups is 1. The van der Waals surface area contributed by atoms with Gasteiger partial charge in [-0.15, -0.1) is 0 Å². The van der Waals surface area contributed by atoms with Crippen molar-refractivity contribution >= 4 is 40.8 Å². The molecule has 5 nitrogen and oxygen atoms in total. The van der Waals surface area contributed by atoms with Gasteiger partial charge in [0.25, 0.3) is 0 Å². The monoisotopic (exact) mass is 391 g/mol. The van der Waals surface area contributed by atoms with Crippen molar-refractivity contribution in [3.63, 3.8) is 0 Å². The number of hydrogen-bond acceptors (Lipinski definition) is 4. The molecule has 0 amide bonds. The van der Waals surface area contributed by atoms with Gasteiger partial charge in [-0.3, -0.25) is 0 Å². The standard InChI is InChI=1S/C19H15Cl2NO4/c1-11(19(23)24)26-17-6-3-12(8-18(17)25-2)7-13(10-22)15-5-4-14(20)9-16(15)21/h3-9,11H,1-2H3,(H,23,24)/b13-7-/t11-/m1/s1. The zero-order chi connectivity index (χ0) is 19.3. The maximum Gasteiger partial charge on any atom is 0.344 e. The van der Waals surface area contributed by atoms with Crippen LogP contribution in [0.3, 0.4) is 0 Å². The zero-order valence-corrected chi connectivity index (χ0v) is 15.5. The van der Waals surface area contributed by atoms with Crippen LogP contribution in [-0.4, -0.2) is 24.3 Å². The van der Waals surface area contributed by atoms with E-state index in [4.69, 9.17) is 37.8 Å². The minimum absolute atomic E-state index is 0.294. The molecule has 0 aliphatic rings. The summed E-state index contributed by atoms with van der Waals surface area (Å²) in [6.45, 7) is 1.42. The van der Waals surface area contributed by atoms with E-state index in [-0.39, 0.29) is 0 Å². The lowest BCUT2D eigenvalue weighted by Gasteiger charge is -2.14. The summed E-state index contributed by atoms with van der Waals surface area (Å²) in [6, 6.07) is 11.9. The number of aliphatic carboxylic acids is 1. The molecule has 0 fully saturated rings. The van der Waals surface area contributed by atoms with Gasteiger partial charge in [-0.1, -0.05) is 35.3 Å². The Hall–Kier alpha value is -2.68. The lowest BCUT2D eigenvalue weighted by atomic mass is 10.0. The minimum Gasteiger partial charge on any atom is -0.493 e. The Balaban J connectivity index is 2.40. The third kappa shape index (κ3) is 4.69. The molecule has 0 radical (unpaired) electrons. The molecule has 2 aromatic rings. The molecule has 0 unspecified atom stereocenters. The molecule has 7 heteroatoms. The van der Waals surface area contributed by atoms with Gasteiger partial charge in [0.2, 0.25) is 0 Å². The van der Waals surface area contributed by atoms with Crippen LogP contribution in [0.15, 0.2) is 36.4 Å². The first-order valence-corrected chi connectivity index (χ1v) is 8.26. The zero-order valence-electron chi connectivity index (χ0n) is 14.0. The molecule has 2 aromatic carbocycles. The maximum absolute atomic E-state index is 10.9. The topological polar surface area (TPSA) is 79.5 Å². The molecular weight excluding hydrogens is 377 g/mol. The molecule has 0 saturated heterocycles. The Morgan fingerprint density at radius 1 is 1.23 bits per heavy atom. The minimum atomic E-state index is -1.08. The molecule has 134 valence electrons. The first-order chi connectivity index (χ1) is 12.3. The Morgan fingerprint density at radius 3 is 2.54 bits per heavy atom. The highest BCUT2D eigenvalue weighted by Crippen LogP contribution is 2.32. The number of halogens is 2. The predicted molar refractivity (Wildman–Crippen MR) is 101 cm³/mol. The van der Waals surface area contributed by atoms with E-state index in [9.17, 15) is 10.1 Å². The van der Waals surface area contributed by atoms with Gasteiger partial charge in [0.1, 0.15) is 0 Å². The van der Waals surface area contributed by atoms with Crippen molar-refractivity contribution in [3.8, 4) is 17.6 Å². The van der Waals surface area contributed by atoms with Gasteiger partial charge >= 0.3 is 5.97 Å². The molecule has 0 aliphatic carbocycles. The van der Waals surface area contributed by atoms with Gasteiger partial charge in [0.15, 0.2) is 17.6 Å². The van der Waals surface area contributed by atoms with Crippen molar-refractivity contribution in [1.29, 1.82) is 5.26 Å². The van der Waals surface area contributed by atoms with Gasteiger partial charge in [0, 0.05) is 10.6 Å². The fourth-order valence-corrected chi connectivity index (χ4v) is 2.67. The van der Waals surface area contributed by atoms with E-state index < -0.39 is 12.1 Å². The lowest BCUT2D eigenvalue weighted by molar-refractivity contribution is -0.144. The molecule has 2 rings (SSSR count). The number of nitrogens with zero attached hydrogens (tertiary/aromatic N) is 1. The summed E-state index contributed by atoms with van der Waals surface area (Å²) < 4.78 is 10.6. The second-order valence-electron chi connectivity index (χ2n) is 5.30. The van der Waals surface area contributed by atoms with E-state index in [2.05, 4.69) is 6.07 Å². The van der Waals surface area contributed by atoms with Crippen LogP contribution in [-0.2, 0) is 4.79 Å². The Morgan fingerprint density at radius 2 is 1.96 bits per heavy atom. The fraction of sp³-hybridized carbons (Fsp3) is 0.158. The number of rotatable bonds is 6. The SMILES string of the molecule is COc1cc(/C=C(/C#N)c2ccc(Cl)cc2Cl)ccc1O[C@H](C)C(=O)O. The molecule has 0 heterocycles. The van der Waals surface area contributed by atoms with Crippen LogP contribution in [0.25, 0.3) is 11.6 Å². The average molecular weight is 392 g/mol. The van der Waals surface area contributed by atoms with Crippen molar-refractivity contribution in [2.24, 2.45) is 0 Å². The van der Waals surface area contributed by atoms with Gasteiger partial charge in [-0.2, -0.15) is 5.26 Å². The van der Waals surface area contributed by atoms with Gasteiger partial charge in [-0.05, 0) is 42.8 Å². The highest BCUT2D eigenvalue weighted by molar-refractivity contribution is 6.36. The van der Waals surface area contributed by atoms with Crippen LogP contribution in [0.1, 0.15) is 18.1 Å². The third-order valence-corrected chi connectivity index (χ3v) is 4.04. The summed E-state index contributed by atoms with van der Waals surface area (Å²) in [5.74, 6) is -0.436. The van der Waals surface area contributed by atoms with Crippen molar-refractivity contribution in [1.82, 2.24) is 0 Å². The van der Waals surface area contributed by atoms with Crippen LogP contribution < -0.4 is 9.47 Å². The Labute approximate surface area is 161 Å². The van der Waals surface area contributed by atoms with E-state index in [1.54, 1.807) is 42.5 Å². The van der Waals surface area contributed by atoms with E-state index in [1.807, 2.05) is 0 Å². The molecule has 0 aromatic heterocycles. The first kappa shape index (κ1) is 19.6. The highest BCUT2D eigenvalue weighted by atomic mass is 35.5. The van der Waals surface area contributed by atoms with Crippen molar-refractivity contribution in [2.75, 3.05) is 7.11 Å². The van der Waals surface area contributed by atoms with Crippen molar-refractivity contribution < 1.29 is 19.4 Å². The first-order valence-electron chi connectivity index (χ1n) is 7.50. The van der Waals surface area contributed by atoms with E-state index in [1.165, 1.54) is 14.0 Å². The van der Waals surface area contributed by atoms with Crippen LogP contribution in [0.2, 0.25) is 10.0 Å². The number of allylic oxidation sites excluding steroid dienone is 1. The summed E-state index contributed by atoms with van der Waals surface area (Å²) in [7, 11) is 1.45. The number of benzene rings is 2. The molecule has 0 saturated carbocycles. The number of methoxy groups -OCH3 is 1. The quantitative estimate of drug-likeness (QED) is 0.558. The largest absolute Gasteiger partial charge is 0.493 e. The maximum atomic E-state index is 10.9.